The number of likely N-dealkylation sites (tertiary alicyclic amines) is 1. The van der Waals surface area contributed by atoms with Crippen LogP contribution in [0.4, 0.5) is 0 Å². The Morgan fingerprint density at radius 3 is 2.25 bits per heavy atom. The first-order valence-electron chi connectivity index (χ1n) is 7.48. The van der Waals surface area contributed by atoms with E-state index in [2.05, 4.69) is 38.7 Å². The SMILES string of the molecule is CC(c1ccc(Cl)cc1Cl)N1CCC(C(C)(C)C)CC1. The van der Waals surface area contributed by atoms with Gasteiger partial charge in [-0.25, -0.2) is 0 Å². The number of benzene rings is 1. The second-order valence-corrected chi connectivity index (χ2v) is 7.86. The summed E-state index contributed by atoms with van der Waals surface area (Å²) in [6, 6.07) is 6.20. The largest absolute Gasteiger partial charge is 0.297 e. The molecular formula is C17H25Cl2N. The molecule has 1 aromatic carbocycles. The van der Waals surface area contributed by atoms with Crippen molar-refractivity contribution in [1.29, 1.82) is 0 Å². The number of rotatable bonds is 2. The van der Waals surface area contributed by atoms with Crippen molar-refractivity contribution in [2.75, 3.05) is 13.1 Å². The van der Waals surface area contributed by atoms with Gasteiger partial charge >= 0.3 is 0 Å². The first kappa shape index (κ1) is 16.1. The maximum atomic E-state index is 6.33. The molecule has 0 aliphatic carbocycles. The molecule has 0 spiro atoms. The van der Waals surface area contributed by atoms with E-state index in [9.17, 15) is 0 Å². The monoisotopic (exact) mass is 313 g/mol. The quantitative estimate of drug-likeness (QED) is 0.665. The molecule has 2 rings (SSSR count). The van der Waals surface area contributed by atoms with Gasteiger partial charge in [-0.1, -0.05) is 50.0 Å². The fourth-order valence-electron chi connectivity index (χ4n) is 3.19. The molecule has 1 heterocycles. The molecule has 112 valence electrons. The predicted octanol–water partition coefficient (Wildman–Crippen LogP) is 5.81. The number of nitrogens with zero attached hydrogens (tertiary/aromatic N) is 1. The van der Waals surface area contributed by atoms with E-state index < -0.39 is 0 Å². The lowest BCUT2D eigenvalue weighted by Crippen LogP contribution is -2.39. The molecular weight excluding hydrogens is 289 g/mol. The van der Waals surface area contributed by atoms with E-state index in [-0.39, 0.29) is 0 Å². The Labute approximate surface area is 133 Å². The van der Waals surface area contributed by atoms with Crippen LogP contribution >= 0.6 is 23.2 Å². The minimum Gasteiger partial charge on any atom is -0.297 e. The molecule has 1 nitrogen and oxygen atoms in total. The standard InChI is InChI=1S/C17H25Cl2N/c1-12(15-6-5-14(18)11-16(15)19)20-9-7-13(8-10-20)17(2,3)4/h5-6,11-13H,7-10H2,1-4H3. The summed E-state index contributed by atoms with van der Waals surface area (Å²) in [6.45, 7) is 11.6. The Morgan fingerprint density at radius 2 is 1.75 bits per heavy atom. The summed E-state index contributed by atoms with van der Waals surface area (Å²) >= 11 is 12.3. The molecule has 20 heavy (non-hydrogen) atoms. The van der Waals surface area contributed by atoms with Gasteiger partial charge in [0.25, 0.3) is 0 Å². The van der Waals surface area contributed by atoms with Crippen LogP contribution in [0.2, 0.25) is 10.0 Å². The first-order chi connectivity index (χ1) is 9.29. The third-order valence-electron chi connectivity index (χ3n) is 4.71. The van der Waals surface area contributed by atoms with Crippen molar-refractivity contribution in [3.8, 4) is 0 Å². The van der Waals surface area contributed by atoms with Gasteiger partial charge < -0.3 is 0 Å². The average molecular weight is 314 g/mol. The molecule has 1 aliphatic heterocycles. The van der Waals surface area contributed by atoms with Gasteiger partial charge in [-0.3, -0.25) is 4.90 Å². The highest BCUT2D eigenvalue weighted by Crippen LogP contribution is 2.37. The van der Waals surface area contributed by atoms with Gasteiger partial charge in [-0.15, -0.1) is 0 Å². The zero-order chi connectivity index (χ0) is 14.9. The van der Waals surface area contributed by atoms with E-state index in [0.29, 0.717) is 16.5 Å². The number of halogens is 2. The van der Waals surface area contributed by atoms with Crippen molar-refractivity contribution in [2.45, 2.75) is 46.6 Å². The molecule has 1 aliphatic rings. The van der Waals surface area contributed by atoms with Crippen LogP contribution < -0.4 is 0 Å². The topological polar surface area (TPSA) is 3.24 Å². The zero-order valence-electron chi connectivity index (χ0n) is 12.9. The van der Waals surface area contributed by atoms with Crippen molar-refractivity contribution in [1.82, 2.24) is 4.90 Å². The second-order valence-electron chi connectivity index (χ2n) is 7.02. The predicted molar refractivity (Wildman–Crippen MR) is 88.6 cm³/mol. The molecule has 1 unspecified atom stereocenters. The van der Waals surface area contributed by atoms with Gasteiger partial charge in [0.15, 0.2) is 0 Å². The Hall–Kier alpha value is -0.240. The third kappa shape index (κ3) is 3.69. The molecule has 0 aromatic heterocycles. The fourth-order valence-corrected chi connectivity index (χ4v) is 3.76. The molecule has 0 saturated carbocycles. The number of hydrogen-bond acceptors (Lipinski definition) is 1. The molecule has 0 radical (unpaired) electrons. The van der Waals surface area contributed by atoms with Gasteiger partial charge in [-0.05, 0) is 61.9 Å². The molecule has 1 atom stereocenters. The van der Waals surface area contributed by atoms with Crippen LogP contribution in [0.5, 0.6) is 0 Å². The van der Waals surface area contributed by atoms with Crippen molar-refractivity contribution < 1.29 is 0 Å². The minimum absolute atomic E-state index is 0.362. The van der Waals surface area contributed by atoms with Crippen molar-refractivity contribution >= 4 is 23.2 Å². The molecule has 0 N–H and O–H groups in total. The minimum atomic E-state index is 0.362. The van der Waals surface area contributed by atoms with Crippen molar-refractivity contribution in [3.05, 3.63) is 33.8 Å². The van der Waals surface area contributed by atoms with Crippen molar-refractivity contribution in [3.63, 3.8) is 0 Å². The van der Waals surface area contributed by atoms with E-state index in [1.165, 1.54) is 18.4 Å². The Morgan fingerprint density at radius 1 is 1.15 bits per heavy atom. The molecule has 0 amide bonds. The zero-order valence-corrected chi connectivity index (χ0v) is 14.4. The van der Waals surface area contributed by atoms with Crippen LogP contribution in [0.3, 0.4) is 0 Å². The van der Waals surface area contributed by atoms with Crippen molar-refractivity contribution in [2.24, 2.45) is 11.3 Å². The molecule has 3 heteroatoms. The molecule has 1 saturated heterocycles. The summed E-state index contributed by atoms with van der Waals surface area (Å²) in [4.78, 5) is 2.54. The lowest BCUT2D eigenvalue weighted by Gasteiger charge is -2.41. The number of hydrogen-bond donors (Lipinski definition) is 0. The van der Waals surface area contributed by atoms with Gasteiger partial charge in [0.05, 0.1) is 0 Å². The van der Waals surface area contributed by atoms with Gasteiger partial charge in [0.2, 0.25) is 0 Å². The normalized spacial score (nSPS) is 20.1. The van der Waals surface area contributed by atoms with Gasteiger partial charge in [0.1, 0.15) is 0 Å². The van der Waals surface area contributed by atoms with Crippen LogP contribution in [0.1, 0.15) is 52.1 Å². The van der Waals surface area contributed by atoms with E-state index in [0.717, 1.165) is 24.0 Å². The Balaban J connectivity index is 2.03. The smallest absolute Gasteiger partial charge is 0.0468 e. The third-order valence-corrected chi connectivity index (χ3v) is 5.28. The van der Waals surface area contributed by atoms with E-state index in [1.807, 2.05) is 12.1 Å². The fraction of sp³-hybridized carbons (Fsp3) is 0.647. The molecule has 0 bridgehead atoms. The Kier molecular flexibility index (Phi) is 5.05. The molecule has 1 aromatic rings. The maximum Gasteiger partial charge on any atom is 0.0468 e. The molecule has 1 fully saturated rings. The Bertz CT molecular complexity index is 457. The highest BCUT2D eigenvalue weighted by Gasteiger charge is 2.30. The highest BCUT2D eigenvalue weighted by molar-refractivity contribution is 6.35. The van der Waals surface area contributed by atoms with E-state index in [1.54, 1.807) is 0 Å². The number of piperidine rings is 1. The summed E-state index contributed by atoms with van der Waals surface area (Å²) in [6.07, 6.45) is 2.55. The van der Waals surface area contributed by atoms with Crippen LogP contribution in [0, 0.1) is 11.3 Å². The maximum absolute atomic E-state index is 6.33. The summed E-state index contributed by atoms with van der Waals surface area (Å²) < 4.78 is 0. The summed E-state index contributed by atoms with van der Waals surface area (Å²) in [5, 5.41) is 1.49. The van der Waals surface area contributed by atoms with Crippen LogP contribution in [-0.4, -0.2) is 18.0 Å². The highest BCUT2D eigenvalue weighted by atomic mass is 35.5. The van der Waals surface area contributed by atoms with Gasteiger partial charge in [-0.2, -0.15) is 0 Å². The second kappa shape index (κ2) is 6.25. The lowest BCUT2D eigenvalue weighted by molar-refractivity contribution is 0.0878. The first-order valence-corrected chi connectivity index (χ1v) is 8.23. The van der Waals surface area contributed by atoms with Crippen LogP contribution in [-0.2, 0) is 0 Å². The van der Waals surface area contributed by atoms with Crippen LogP contribution in [0.15, 0.2) is 18.2 Å². The van der Waals surface area contributed by atoms with Gasteiger partial charge in [0, 0.05) is 16.1 Å². The summed E-state index contributed by atoms with van der Waals surface area (Å²) in [7, 11) is 0. The summed E-state index contributed by atoms with van der Waals surface area (Å²) in [5.41, 5.74) is 1.61. The summed E-state index contributed by atoms with van der Waals surface area (Å²) in [5.74, 6) is 0.826. The van der Waals surface area contributed by atoms with Crippen LogP contribution in [0.25, 0.3) is 0 Å². The lowest BCUT2D eigenvalue weighted by atomic mass is 9.75. The van der Waals surface area contributed by atoms with E-state index in [4.69, 9.17) is 23.2 Å². The van der Waals surface area contributed by atoms with E-state index >= 15 is 0 Å². The average Bonchev–Trinajstić information content (AvgIpc) is 2.37.